The molecule has 1 saturated heterocycles. The van der Waals surface area contributed by atoms with Gasteiger partial charge in [-0.3, -0.25) is 4.79 Å². The summed E-state index contributed by atoms with van der Waals surface area (Å²) in [6.07, 6.45) is 0.589. The predicted octanol–water partition coefficient (Wildman–Crippen LogP) is 3.54. The van der Waals surface area contributed by atoms with Crippen molar-refractivity contribution in [2.24, 2.45) is 0 Å². The van der Waals surface area contributed by atoms with Crippen LogP contribution < -0.4 is 4.90 Å². The molecule has 2 aromatic carbocycles. The monoisotopic (exact) mass is 321 g/mol. The van der Waals surface area contributed by atoms with E-state index in [9.17, 15) is 18.0 Å². The van der Waals surface area contributed by atoms with Gasteiger partial charge in [0.2, 0.25) is 0 Å². The van der Waals surface area contributed by atoms with E-state index < -0.39 is 28.9 Å². The van der Waals surface area contributed by atoms with Gasteiger partial charge >= 0.3 is 0 Å². The van der Waals surface area contributed by atoms with Gasteiger partial charge in [-0.15, -0.1) is 0 Å². The van der Waals surface area contributed by atoms with Crippen LogP contribution in [-0.4, -0.2) is 25.2 Å². The maximum absolute atomic E-state index is 14.0. The Hall–Kier alpha value is -2.34. The van der Waals surface area contributed by atoms with Gasteiger partial charge in [-0.1, -0.05) is 18.2 Å². The molecule has 0 radical (unpaired) electrons. The van der Waals surface area contributed by atoms with Crippen molar-refractivity contribution in [1.29, 1.82) is 0 Å². The largest absolute Gasteiger partial charge is 0.379 e. The smallest absolute Gasteiger partial charge is 0.261 e. The summed E-state index contributed by atoms with van der Waals surface area (Å²) in [5.41, 5.74) is 0.0526. The molecular formula is C17H14F3NO2. The molecule has 1 aliphatic heterocycles. The third-order valence-electron chi connectivity index (χ3n) is 3.79. The highest BCUT2D eigenvalue weighted by atomic mass is 19.2. The molecule has 1 aliphatic rings. The Morgan fingerprint density at radius 2 is 1.78 bits per heavy atom. The van der Waals surface area contributed by atoms with E-state index in [4.69, 9.17) is 4.74 Å². The second kappa shape index (κ2) is 6.42. The quantitative estimate of drug-likeness (QED) is 0.809. The molecule has 2 aromatic rings. The van der Waals surface area contributed by atoms with E-state index >= 15 is 0 Å². The summed E-state index contributed by atoms with van der Waals surface area (Å²) in [6, 6.07) is 10.1. The minimum atomic E-state index is -1.65. The van der Waals surface area contributed by atoms with Gasteiger partial charge in [0, 0.05) is 12.3 Å². The summed E-state index contributed by atoms with van der Waals surface area (Å²) >= 11 is 0. The summed E-state index contributed by atoms with van der Waals surface area (Å²) in [5.74, 6) is -5.17. The van der Waals surface area contributed by atoms with Gasteiger partial charge in [0.1, 0.15) is 0 Å². The van der Waals surface area contributed by atoms with Crippen LogP contribution >= 0.6 is 0 Å². The molecule has 23 heavy (non-hydrogen) atoms. The van der Waals surface area contributed by atoms with Crippen molar-refractivity contribution < 1.29 is 22.7 Å². The summed E-state index contributed by atoms with van der Waals surface area (Å²) in [6.45, 7) is 0.799. The number of benzene rings is 2. The third kappa shape index (κ3) is 2.94. The van der Waals surface area contributed by atoms with Crippen LogP contribution in [0, 0.1) is 17.5 Å². The molecule has 0 N–H and O–H groups in total. The summed E-state index contributed by atoms with van der Waals surface area (Å²) in [4.78, 5) is 14.1. The van der Waals surface area contributed by atoms with Crippen LogP contribution in [0.15, 0.2) is 42.5 Å². The Kier molecular flexibility index (Phi) is 4.34. The number of anilines is 1. The number of halogens is 3. The lowest BCUT2D eigenvalue weighted by Gasteiger charge is -2.28. The first-order valence-electron chi connectivity index (χ1n) is 7.19. The van der Waals surface area contributed by atoms with Gasteiger partial charge in [0.25, 0.3) is 5.91 Å². The van der Waals surface area contributed by atoms with Crippen LogP contribution in [0.4, 0.5) is 18.9 Å². The molecule has 1 heterocycles. The number of hydrogen-bond acceptors (Lipinski definition) is 2. The van der Waals surface area contributed by atoms with Gasteiger partial charge < -0.3 is 9.64 Å². The SMILES string of the molecule is O=C(c1ccc(F)c(F)c1F)N(c1ccccc1)[C@@H]1CCOC1. The predicted molar refractivity (Wildman–Crippen MR) is 78.8 cm³/mol. The number of amides is 1. The fourth-order valence-corrected chi connectivity index (χ4v) is 2.63. The Morgan fingerprint density at radius 3 is 2.43 bits per heavy atom. The highest BCUT2D eigenvalue weighted by Crippen LogP contribution is 2.26. The Labute approximate surface area is 131 Å². The molecule has 0 spiro atoms. The highest BCUT2D eigenvalue weighted by Gasteiger charge is 2.31. The Balaban J connectivity index is 2.03. The molecule has 6 heteroatoms. The number of nitrogens with zero attached hydrogens (tertiary/aromatic N) is 1. The van der Waals surface area contributed by atoms with E-state index in [1.54, 1.807) is 30.3 Å². The van der Waals surface area contributed by atoms with E-state index in [2.05, 4.69) is 0 Å². The summed E-state index contributed by atoms with van der Waals surface area (Å²) in [5, 5.41) is 0. The average molecular weight is 321 g/mol. The molecule has 1 atom stereocenters. The van der Waals surface area contributed by atoms with Gasteiger partial charge in [-0.05, 0) is 30.7 Å². The number of ether oxygens (including phenoxy) is 1. The van der Waals surface area contributed by atoms with Gasteiger partial charge in [-0.25, -0.2) is 13.2 Å². The topological polar surface area (TPSA) is 29.5 Å². The Morgan fingerprint density at radius 1 is 1.04 bits per heavy atom. The molecule has 1 fully saturated rings. The van der Waals surface area contributed by atoms with Crippen LogP contribution in [0.5, 0.6) is 0 Å². The van der Waals surface area contributed by atoms with E-state index in [0.717, 1.165) is 12.1 Å². The first kappa shape index (κ1) is 15.6. The van der Waals surface area contributed by atoms with Crippen molar-refractivity contribution in [3.8, 4) is 0 Å². The van der Waals surface area contributed by atoms with Crippen molar-refractivity contribution in [3.63, 3.8) is 0 Å². The highest BCUT2D eigenvalue weighted by molar-refractivity contribution is 6.06. The number of carbonyl (C=O) groups is 1. The van der Waals surface area contributed by atoms with Crippen molar-refractivity contribution >= 4 is 11.6 Å². The van der Waals surface area contributed by atoms with Crippen molar-refractivity contribution in [3.05, 3.63) is 65.5 Å². The van der Waals surface area contributed by atoms with Crippen LogP contribution in [0.25, 0.3) is 0 Å². The maximum atomic E-state index is 14.0. The minimum absolute atomic E-state index is 0.280. The first-order chi connectivity index (χ1) is 11.1. The van der Waals surface area contributed by atoms with E-state index in [1.165, 1.54) is 4.90 Å². The van der Waals surface area contributed by atoms with Crippen molar-refractivity contribution in [2.75, 3.05) is 18.1 Å². The minimum Gasteiger partial charge on any atom is -0.379 e. The van der Waals surface area contributed by atoms with Gasteiger partial charge in [0.05, 0.1) is 18.2 Å². The van der Waals surface area contributed by atoms with Gasteiger partial charge in [-0.2, -0.15) is 0 Å². The van der Waals surface area contributed by atoms with Crippen LogP contribution in [0.1, 0.15) is 16.8 Å². The number of para-hydroxylation sites is 1. The maximum Gasteiger partial charge on any atom is 0.261 e. The van der Waals surface area contributed by atoms with Crippen LogP contribution in [-0.2, 0) is 4.74 Å². The second-order valence-corrected chi connectivity index (χ2v) is 5.25. The van der Waals surface area contributed by atoms with Crippen LogP contribution in [0.2, 0.25) is 0 Å². The number of hydrogen-bond donors (Lipinski definition) is 0. The summed E-state index contributed by atoms with van der Waals surface area (Å²) in [7, 11) is 0. The lowest BCUT2D eigenvalue weighted by atomic mass is 10.1. The molecule has 0 unspecified atom stereocenters. The van der Waals surface area contributed by atoms with E-state index in [0.29, 0.717) is 25.3 Å². The zero-order chi connectivity index (χ0) is 16.4. The van der Waals surface area contributed by atoms with Crippen LogP contribution in [0.3, 0.4) is 0 Å². The van der Waals surface area contributed by atoms with Gasteiger partial charge in [0.15, 0.2) is 17.5 Å². The molecule has 0 aliphatic carbocycles. The number of rotatable bonds is 3. The van der Waals surface area contributed by atoms with E-state index in [1.807, 2.05) is 0 Å². The van der Waals surface area contributed by atoms with Crippen molar-refractivity contribution in [1.82, 2.24) is 0 Å². The fourth-order valence-electron chi connectivity index (χ4n) is 2.63. The zero-order valence-electron chi connectivity index (χ0n) is 12.1. The second-order valence-electron chi connectivity index (χ2n) is 5.25. The lowest BCUT2D eigenvalue weighted by Crippen LogP contribution is -2.41. The molecule has 3 rings (SSSR count). The lowest BCUT2D eigenvalue weighted by molar-refractivity contribution is 0.0966. The first-order valence-corrected chi connectivity index (χ1v) is 7.19. The molecule has 0 saturated carbocycles. The standard InChI is InChI=1S/C17H14F3NO2/c18-14-7-6-13(15(19)16(14)20)17(22)21(12-8-9-23-10-12)11-4-2-1-3-5-11/h1-7,12H,8-10H2/t12-/m1/s1. The third-order valence-corrected chi connectivity index (χ3v) is 3.79. The molecule has 1 amide bonds. The average Bonchev–Trinajstić information content (AvgIpc) is 3.08. The van der Waals surface area contributed by atoms with E-state index in [-0.39, 0.29) is 6.04 Å². The number of carbonyl (C=O) groups excluding carboxylic acids is 1. The molecule has 0 aromatic heterocycles. The Bertz CT molecular complexity index is 715. The summed E-state index contributed by atoms with van der Waals surface area (Å²) < 4.78 is 45.8. The normalized spacial score (nSPS) is 17.3. The van der Waals surface area contributed by atoms with Crippen molar-refractivity contribution in [2.45, 2.75) is 12.5 Å². The fraction of sp³-hybridized carbons (Fsp3) is 0.235. The molecule has 120 valence electrons. The molecule has 3 nitrogen and oxygen atoms in total. The molecule has 0 bridgehead atoms. The zero-order valence-corrected chi connectivity index (χ0v) is 12.1. The molecular weight excluding hydrogens is 307 g/mol.